The molecule has 2 aromatic rings. The minimum absolute atomic E-state index is 0.0250. The number of rotatable bonds is 5. The molecular weight excluding hydrogens is 301 g/mol. The third kappa shape index (κ3) is 3.31. The molecule has 0 amide bonds. The van der Waals surface area contributed by atoms with Crippen molar-refractivity contribution in [1.82, 2.24) is 4.98 Å². The van der Waals surface area contributed by atoms with Gasteiger partial charge in [0.05, 0.1) is 30.2 Å². The molecule has 0 saturated heterocycles. The highest BCUT2D eigenvalue weighted by Crippen LogP contribution is 2.28. The van der Waals surface area contributed by atoms with Crippen molar-refractivity contribution in [3.63, 3.8) is 0 Å². The zero-order valence-corrected chi connectivity index (χ0v) is 11.6. The summed E-state index contributed by atoms with van der Waals surface area (Å²) in [5.74, 6) is -1.91. The number of methoxy groups -OCH3 is 1. The van der Waals surface area contributed by atoms with E-state index in [-0.39, 0.29) is 17.8 Å². The predicted octanol–water partition coefficient (Wildman–Crippen LogP) is 2.59. The maximum atomic E-state index is 13.7. The van der Waals surface area contributed by atoms with Gasteiger partial charge in [-0.3, -0.25) is 10.1 Å². The summed E-state index contributed by atoms with van der Waals surface area (Å²) in [5.41, 5.74) is -0.807. The van der Waals surface area contributed by atoms with Crippen molar-refractivity contribution < 1.29 is 18.8 Å². The first-order chi connectivity index (χ1) is 10.0. The highest BCUT2D eigenvalue weighted by Gasteiger charge is 2.22. The van der Waals surface area contributed by atoms with Crippen LogP contribution in [0.5, 0.6) is 0 Å². The van der Waals surface area contributed by atoms with Crippen LogP contribution in [-0.2, 0) is 11.3 Å². The van der Waals surface area contributed by atoms with Gasteiger partial charge in [-0.2, -0.15) is 0 Å². The number of aromatic nitrogens is 1. The summed E-state index contributed by atoms with van der Waals surface area (Å²) in [6.07, 6.45) is 1.60. The van der Waals surface area contributed by atoms with Crippen molar-refractivity contribution in [2.24, 2.45) is 0 Å². The molecular formula is C12H10FN3O4S. The van der Waals surface area contributed by atoms with Gasteiger partial charge in [-0.05, 0) is 6.07 Å². The second-order valence-corrected chi connectivity index (χ2v) is 4.86. The summed E-state index contributed by atoms with van der Waals surface area (Å²) in [4.78, 5) is 25.7. The molecule has 0 aliphatic carbocycles. The van der Waals surface area contributed by atoms with Gasteiger partial charge in [0.15, 0.2) is 0 Å². The quantitative estimate of drug-likeness (QED) is 0.518. The Balaban J connectivity index is 2.35. The second kappa shape index (κ2) is 6.27. The normalized spacial score (nSPS) is 10.2. The number of nitrogens with zero attached hydrogens (tertiary/aromatic N) is 2. The number of anilines is 1. The lowest BCUT2D eigenvalue weighted by Gasteiger charge is -2.08. The van der Waals surface area contributed by atoms with E-state index in [1.165, 1.54) is 11.3 Å². The van der Waals surface area contributed by atoms with Gasteiger partial charge in [-0.15, -0.1) is 11.3 Å². The van der Waals surface area contributed by atoms with Crippen LogP contribution in [0.25, 0.3) is 0 Å². The van der Waals surface area contributed by atoms with Crippen LogP contribution in [0.15, 0.2) is 23.7 Å². The molecule has 1 aromatic carbocycles. The molecule has 0 saturated carbocycles. The Morgan fingerprint density at radius 3 is 2.90 bits per heavy atom. The SMILES string of the molecule is COC(=O)c1cc(NCc2nccs2)c([N+](=O)[O-])cc1F. The maximum absolute atomic E-state index is 13.7. The molecule has 7 nitrogen and oxygen atoms in total. The Morgan fingerprint density at radius 2 is 2.33 bits per heavy atom. The number of hydrogen-bond donors (Lipinski definition) is 1. The first kappa shape index (κ1) is 14.9. The Morgan fingerprint density at radius 1 is 1.57 bits per heavy atom. The standard InChI is InChI=1S/C12H10FN3O4S/c1-20-12(17)7-4-9(10(16(18)19)5-8(7)13)15-6-11-14-2-3-21-11/h2-5,15H,6H2,1H3. The highest BCUT2D eigenvalue weighted by molar-refractivity contribution is 7.09. The minimum Gasteiger partial charge on any atom is -0.465 e. The average Bonchev–Trinajstić information content (AvgIpc) is 2.98. The van der Waals surface area contributed by atoms with Crippen LogP contribution in [0.2, 0.25) is 0 Å². The summed E-state index contributed by atoms with van der Waals surface area (Å²) in [5, 5.41) is 16.2. The molecule has 0 fully saturated rings. The number of nitro benzene ring substituents is 1. The number of nitro groups is 1. The number of hydrogen-bond acceptors (Lipinski definition) is 7. The highest BCUT2D eigenvalue weighted by atomic mass is 32.1. The lowest BCUT2D eigenvalue weighted by molar-refractivity contribution is -0.384. The molecule has 21 heavy (non-hydrogen) atoms. The van der Waals surface area contributed by atoms with E-state index in [9.17, 15) is 19.3 Å². The Hall–Kier alpha value is -2.55. The van der Waals surface area contributed by atoms with Gasteiger partial charge in [0.2, 0.25) is 0 Å². The minimum atomic E-state index is -1.01. The number of thiazole rings is 1. The van der Waals surface area contributed by atoms with E-state index >= 15 is 0 Å². The van der Waals surface area contributed by atoms with Crippen LogP contribution in [0.1, 0.15) is 15.4 Å². The fourth-order valence-corrected chi connectivity index (χ4v) is 2.19. The number of halogens is 1. The molecule has 0 radical (unpaired) electrons. The van der Waals surface area contributed by atoms with Crippen molar-refractivity contribution in [2.45, 2.75) is 6.54 Å². The van der Waals surface area contributed by atoms with Crippen LogP contribution >= 0.6 is 11.3 Å². The summed E-state index contributed by atoms with van der Waals surface area (Å²) >= 11 is 1.37. The fourth-order valence-electron chi connectivity index (χ4n) is 1.63. The maximum Gasteiger partial charge on any atom is 0.340 e. The van der Waals surface area contributed by atoms with Gasteiger partial charge >= 0.3 is 5.97 Å². The van der Waals surface area contributed by atoms with Crippen LogP contribution < -0.4 is 5.32 Å². The first-order valence-electron chi connectivity index (χ1n) is 5.71. The number of ether oxygens (including phenoxy) is 1. The van der Waals surface area contributed by atoms with Gasteiger partial charge in [0.25, 0.3) is 5.69 Å². The van der Waals surface area contributed by atoms with Crippen LogP contribution in [-0.4, -0.2) is 23.0 Å². The number of carbonyl (C=O) groups is 1. The van der Waals surface area contributed by atoms with Gasteiger partial charge in [-0.1, -0.05) is 0 Å². The molecule has 0 aliphatic heterocycles. The van der Waals surface area contributed by atoms with Crippen LogP contribution in [0, 0.1) is 15.9 Å². The van der Waals surface area contributed by atoms with E-state index < -0.39 is 22.4 Å². The zero-order valence-electron chi connectivity index (χ0n) is 10.8. The smallest absolute Gasteiger partial charge is 0.340 e. The average molecular weight is 311 g/mol. The summed E-state index contributed by atoms with van der Waals surface area (Å²) in [6, 6.07) is 1.75. The Labute approximate surface area is 122 Å². The van der Waals surface area contributed by atoms with Crippen molar-refractivity contribution in [3.05, 3.63) is 50.2 Å². The molecule has 0 bridgehead atoms. The van der Waals surface area contributed by atoms with Crippen LogP contribution in [0.3, 0.4) is 0 Å². The number of esters is 1. The van der Waals surface area contributed by atoms with Crippen molar-refractivity contribution >= 4 is 28.7 Å². The molecule has 1 heterocycles. The van der Waals surface area contributed by atoms with Gasteiger partial charge in [0, 0.05) is 11.6 Å². The molecule has 2 rings (SSSR count). The summed E-state index contributed by atoms with van der Waals surface area (Å²) in [7, 11) is 1.10. The molecule has 0 atom stereocenters. The lowest BCUT2D eigenvalue weighted by Crippen LogP contribution is -2.09. The summed E-state index contributed by atoms with van der Waals surface area (Å²) in [6.45, 7) is 0.227. The molecule has 1 N–H and O–H groups in total. The lowest BCUT2D eigenvalue weighted by atomic mass is 10.1. The largest absolute Gasteiger partial charge is 0.465 e. The predicted molar refractivity (Wildman–Crippen MR) is 73.8 cm³/mol. The van der Waals surface area contributed by atoms with Gasteiger partial charge < -0.3 is 10.1 Å². The topological polar surface area (TPSA) is 94.4 Å². The van der Waals surface area contributed by atoms with E-state index in [1.54, 1.807) is 11.6 Å². The number of nitrogens with one attached hydrogen (secondary N) is 1. The fraction of sp³-hybridized carbons (Fsp3) is 0.167. The van der Waals surface area contributed by atoms with E-state index in [4.69, 9.17) is 0 Å². The number of carbonyl (C=O) groups excluding carboxylic acids is 1. The molecule has 0 spiro atoms. The molecule has 1 aromatic heterocycles. The third-order valence-corrected chi connectivity index (χ3v) is 3.38. The van der Waals surface area contributed by atoms with E-state index in [0.717, 1.165) is 13.2 Å². The first-order valence-corrected chi connectivity index (χ1v) is 6.59. The van der Waals surface area contributed by atoms with Crippen LogP contribution in [0.4, 0.5) is 15.8 Å². The van der Waals surface area contributed by atoms with Crippen molar-refractivity contribution in [1.29, 1.82) is 0 Å². The van der Waals surface area contributed by atoms with Gasteiger partial charge in [-0.25, -0.2) is 14.2 Å². The molecule has 110 valence electrons. The Kier molecular flexibility index (Phi) is 4.43. The third-order valence-electron chi connectivity index (χ3n) is 2.60. The van der Waals surface area contributed by atoms with E-state index in [0.29, 0.717) is 11.1 Å². The monoisotopic (exact) mass is 311 g/mol. The molecule has 0 unspecified atom stereocenters. The second-order valence-electron chi connectivity index (χ2n) is 3.88. The summed E-state index contributed by atoms with van der Waals surface area (Å²) < 4.78 is 18.1. The van der Waals surface area contributed by atoms with E-state index in [1.807, 2.05) is 0 Å². The Bertz CT molecular complexity index is 675. The zero-order chi connectivity index (χ0) is 15.4. The molecule has 9 heteroatoms. The van der Waals surface area contributed by atoms with Crippen molar-refractivity contribution in [3.8, 4) is 0 Å². The van der Waals surface area contributed by atoms with E-state index in [2.05, 4.69) is 15.0 Å². The van der Waals surface area contributed by atoms with Gasteiger partial charge in [0.1, 0.15) is 16.5 Å². The number of benzene rings is 1. The molecule has 0 aliphatic rings. The van der Waals surface area contributed by atoms with Crippen molar-refractivity contribution in [2.75, 3.05) is 12.4 Å².